The van der Waals surface area contributed by atoms with Gasteiger partial charge in [0.1, 0.15) is 0 Å². The van der Waals surface area contributed by atoms with E-state index in [9.17, 15) is 0 Å². The third-order valence-corrected chi connectivity index (χ3v) is 24.1. The summed E-state index contributed by atoms with van der Waals surface area (Å²) in [6.45, 7) is 28.5. The second-order valence-corrected chi connectivity index (χ2v) is 22.7. The minimum atomic E-state index is -3.32. The summed E-state index contributed by atoms with van der Waals surface area (Å²) in [7, 11) is 15.5. The maximum atomic E-state index is 7.73. The Hall–Kier alpha value is 0.683. The Morgan fingerprint density at radius 3 is 1.11 bits per heavy atom. The van der Waals surface area contributed by atoms with Gasteiger partial charge in [0, 0.05) is 0 Å². The van der Waals surface area contributed by atoms with Crippen molar-refractivity contribution in [2.75, 3.05) is 0 Å². The van der Waals surface area contributed by atoms with E-state index >= 15 is 0 Å². The molecule has 0 aromatic carbocycles. The predicted molar refractivity (Wildman–Crippen MR) is 120 cm³/mol. The van der Waals surface area contributed by atoms with Crippen molar-refractivity contribution in [2.45, 2.75) is 91.1 Å². The van der Waals surface area contributed by atoms with Crippen LogP contribution >= 0.6 is 19.4 Å². The molecule has 0 heterocycles. The zero-order chi connectivity index (χ0) is 21.5. The predicted octanol–water partition coefficient (Wildman–Crippen LogP) is 9.32. The Morgan fingerprint density at radius 2 is 0.852 bits per heavy atom. The number of allylic oxidation sites excluding steroid dienone is 4. The Balaban J connectivity index is 2.78. The molecule has 0 bridgehead atoms. The topological polar surface area (TPSA) is 0 Å². The van der Waals surface area contributed by atoms with Crippen molar-refractivity contribution < 1.29 is 12.8 Å². The molecule has 0 N–H and O–H groups in total. The molecule has 0 saturated carbocycles. The Labute approximate surface area is 180 Å². The molecule has 2 aliphatic rings. The Bertz CT molecular complexity index is 612. The molecule has 3 heteroatoms. The van der Waals surface area contributed by atoms with Crippen LogP contribution in [0.15, 0.2) is 24.3 Å². The molecule has 2 rings (SSSR count). The first-order valence-electron chi connectivity index (χ1n) is 10.3. The van der Waals surface area contributed by atoms with Gasteiger partial charge in [-0.2, -0.15) is 0 Å². The molecule has 0 aliphatic heterocycles. The quantitative estimate of drug-likeness (QED) is 0.261. The molecule has 0 saturated heterocycles. The Kier molecular flexibility index (Phi) is 5.63. The van der Waals surface area contributed by atoms with Crippen molar-refractivity contribution in [2.24, 2.45) is 33.5 Å². The normalized spacial score (nSPS) is 42.7. The van der Waals surface area contributed by atoms with Gasteiger partial charge in [0.2, 0.25) is 0 Å². The summed E-state index contributed by atoms with van der Waals surface area (Å²) in [4.78, 5) is 0. The van der Waals surface area contributed by atoms with E-state index in [1.54, 1.807) is 0 Å². The number of halogens is 2. The third kappa shape index (κ3) is 2.63. The van der Waals surface area contributed by atoms with Gasteiger partial charge in [-0.05, 0) is 0 Å². The second-order valence-electron chi connectivity index (χ2n) is 11.5. The molecular weight excluding hydrogens is 460 g/mol. The molecule has 162 valence electrons. The number of rotatable bonds is 2. The fraction of sp³-hybridized carbons (Fsp3) is 0.833. The third-order valence-electron chi connectivity index (χ3n) is 10.2. The van der Waals surface area contributed by atoms with Crippen LogP contribution in [-0.2, 0) is 12.8 Å². The van der Waals surface area contributed by atoms with Gasteiger partial charge in [-0.1, -0.05) is 0 Å². The average Bonchev–Trinajstić information content (AvgIpc) is 2.52. The molecule has 4 atom stereocenters. The van der Waals surface area contributed by atoms with Crippen LogP contribution in [0.2, 0.25) is 8.02 Å². The van der Waals surface area contributed by atoms with Gasteiger partial charge in [0.25, 0.3) is 0 Å². The monoisotopic (exact) mass is 502 g/mol. The van der Waals surface area contributed by atoms with Gasteiger partial charge in [-0.15, -0.1) is 0 Å². The van der Waals surface area contributed by atoms with E-state index in [0.29, 0.717) is 11.8 Å². The molecule has 2 aliphatic carbocycles. The van der Waals surface area contributed by atoms with E-state index in [1.165, 1.54) is 0 Å². The van der Waals surface area contributed by atoms with Crippen LogP contribution in [-0.4, -0.2) is 0 Å². The van der Waals surface area contributed by atoms with Gasteiger partial charge in [-0.25, -0.2) is 0 Å². The average molecular weight is 503 g/mol. The molecule has 0 radical (unpaired) electrons. The van der Waals surface area contributed by atoms with E-state index in [2.05, 4.69) is 107 Å². The van der Waals surface area contributed by atoms with Crippen LogP contribution in [0.25, 0.3) is 0 Å². The van der Waals surface area contributed by atoms with Crippen LogP contribution in [0.3, 0.4) is 0 Å². The SMILES string of the molecule is CC1C=C[C](C)([Ru-2]([Cl])([Cl])[C]2(C)C=CC(C)C(C)(C)C2(C)C)C(C)(C)C1(C)C. The van der Waals surface area contributed by atoms with Gasteiger partial charge >= 0.3 is 181 Å². The van der Waals surface area contributed by atoms with Gasteiger partial charge in [0.05, 0.1) is 0 Å². The van der Waals surface area contributed by atoms with Crippen molar-refractivity contribution in [1.82, 2.24) is 0 Å². The summed E-state index contributed by atoms with van der Waals surface area (Å²) in [5.74, 6) is 1.01. The van der Waals surface area contributed by atoms with Crippen molar-refractivity contribution in [1.29, 1.82) is 0 Å². The van der Waals surface area contributed by atoms with Crippen molar-refractivity contribution >= 4 is 19.4 Å². The van der Waals surface area contributed by atoms with Gasteiger partial charge in [0.15, 0.2) is 0 Å². The van der Waals surface area contributed by atoms with Crippen LogP contribution in [0.4, 0.5) is 0 Å². The van der Waals surface area contributed by atoms with E-state index in [4.69, 9.17) is 19.4 Å². The zero-order valence-corrected chi connectivity index (χ0v) is 22.8. The summed E-state index contributed by atoms with van der Waals surface area (Å²) < 4.78 is -0.426. The van der Waals surface area contributed by atoms with Crippen LogP contribution in [0, 0.1) is 33.5 Å². The van der Waals surface area contributed by atoms with Gasteiger partial charge < -0.3 is 0 Å². The van der Waals surface area contributed by atoms with E-state index < -0.39 is 12.8 Å². The molecule has 0 fully saturated rings. The molecule has 0 nitrogen and oxygen atoms in total. The Morgan fingerprint density at radius 1 is 0.593 bits per heavy atom. The number of hydrogen-bond donors (Lipinski definition) is 0. The fourth-order valence-corrected chi connectivity index (χ4v) is 16.8. The van der Waals surface area contributed by atoms with Crippen molar-refractivity contribution in [3.05, 3.63) is 24.3 Å². The van der Waals surface area contributed by atoms with Crippen molar-refractivity contribution in [3.8, 4) is 0 Å². The summed E-state index contributed by atoms with van der Waals surface area (Å²) in [6, 6.07) is 0. The summed E-state index contributed by atoms with van der Waals surface area (Å²) >= 11 is -3.32. The molecule has 0 spiro atoms. The molecule has 27 heavy (non-hydrogen) atoms. The number of hydrogen-bond acceptors (Lipinski definition) is 0. The molecule has 0 aromatic heterocycles. The van der Waals surface area contributed by atoms with Gasteiger partial charge in [-0.3, -0.25) is 0 Å². The zero-order valence-electron chi connectivity index (χ0n) is 19.6. The molecule has 0 amide bonds. The van der Waals surface area contributed by atoms with Crippen molar-refractivity contribution in [3.63, 3.8) is 0 Å². The van der Waals surface area contributed by atoms with Crippen LogP contribution in [0.5, 0.6) is 0 Å². The summed E-state index contributed by atoms with van der Waals surface area (Å²) in [6.07, 6.45) is 9.55. The van der Waals surface area contributed by atoms with E-state index in [0.717, 1.165) is 0 Å². The molecular formula is C24H42Cl2Ru-2. The van der Waals surface area contributed by atoms with Crippen LogP contribution in [0.1, 0.15) is 83.1 Å². The second kappa shape index (κ2) is 6.34. The fourth-order valence-electron chi connectivity index (χ4n) is 5.01. The maximum absolute atomic E-state index is 7.73. The first-order chi connectivity index (χ1) is 11.8. The minimum absolute atomic E-state index is 0.00996. The first-order valence-corrected chi connectivity index (χ1v) is 16.5. The van der Waals surface area contributed by atoms with Crippen LogP contribution < -0.4 is 0 Å². The molecule has 0 aromatic rings. The van der Waals surface area contributed by atoms with E-state index in [-0.39, 0.29) is 29.7 Å². The van der Waals surface area contributed by atoms with E-state index in [1.807, 2.05) is 0 Å². The molecule has 4 unspecified atom stereocenters. The first kappa shape index (κ1) is 24.0. The standard InChI is InChI=1S/2C12H21.2ClH.Ru/c2*1-9-7-8-10(2)12(5,6)11(9,3)4;;;/h2*7-9H,1-6H3;2*1H;/p-2. The summed E-state index contributed by atoms with van der Waals surface area (Å²) in [5, 5.41) is 0. The summed E-state index contributed by atoms with van der Waals surface area (Å²) in [5.41, 5.74) is 0.218.